The Kier molecular flexibility index (Phi) is 18.0. The molecule has 0 aliphatic heterocycles. The van der Waals surface area contributed by atoms with Crippen LogP contribution in [0.2, 0.25) is 0 Å². The van der Waals surface area contributed by atoms with Crippen LogP contribution < -0.4 is 0 Å². The first-order chi connectivity index (χ1) is 24.5. The topological polar surface area (TPSA) is 65.1 Å². The van der Waals surface area contributed by atoms with Crippen LogP contribution in [0.25, 0.3) is 38.1 Å². The van der Waals surface area contributed by atoms with E-state index in [1.165, 1.54) is 44.6 Å². The Morgan fingerprint density at radius 1 is 0.679 bits per heavy atom. The first kappa shape index (κ1) is 46.2. The number of aryl methyl sites for hydroxylation is 2. The minimum absolute atomic E-state index is 0. The molecule has 1 atom stereocenters. The normalized spacial score (nSPS) is 11.9. The Hall–Kier alpha value is -3.00. The zero-order valence-electron chi connectivity index (χ0n) is 35.8. The Balaban J connectivity index is 0.00000130. The number of aromatic nitrogens is 3. The van der Waals surface area contributed by atoms with Crippen molar-refractivity contribution in [3.8, 4) is 11.3 Å². The van der Waals surface area contributed by atoms with Gasteiger partial charge in [-0.2, -0.15) is 28.2 Å². The molecular weight excluding hydrogens is 815 g/mol. The van der Waals surface area contributed by atoms with Gasteiger partial charge in [-0.25, -0.2) is 4.98 Å². The van der Waals surface area contributed by atoms with Crippen molar-refractivity contribution in [2.75, 3.05) is 28.2 Å². The average Bonchev–Trinajstić information content (AvgIpc) is 3.58. The van der Waals surface area contributed by atoms with E-state index in [1.807, 2.05) is 6.07 Å². The van der Waals surface area contributed by atoms with Gasteiger partial charge in [-0.3, -0.25) is 0 Å². The molecule has 3 aromatic carbocycles. The van der Waals surface area contributed by atoms with Crippen LogP contribution in [0.1, 0.15) is 150 Å². The molecule has 0 amide bonds. The van der Waals surface area contributed by atoms with E-state index >= 15 is 0 Å². The molecule has 5 aromatic rings. The number of hydrogen-bond acceptors (Lipinski definition) is 1. The third-order valence-electron chi connectivity index (χ3n) is 9.77. The predicted molar refractivity (Wildman–Crippen MR) is 227 cm³/mol. The van der Waals surface area contributed by atoms with Gasteiger partial charge in [0.2, 0.25) is 0 Å². The minimum Gasteiger partial charge on any atom is -0.671 e. The van der Waals surface area contributed by atoms with Gasteiger partial charge in [0.1, 0.15) is 0 Å². The van der Waals surface area contributed by atoms with Crippen molar-refractivity contribution in [3.63, 3.8) is 0 Å². The van der Waals surface area contributed by atoms with Gasteiger partial charge in [0.15, 0.2) is 0 Å². The fraction of sp³-hybridized carbons (Fsp3) is 0.500. The summed E-state index contributed by atoms with van der Waals surface area (Å²) >= 11 is 0. The van der Waals surface area contributed by atoms with E-state index in [1.54, 1.807) is 28.2 Å². The third-order valence-corrected chi connectivity index (χ3v) is 9.77. The van der Waals surface area contributed by atoms with E-state index in [4.69, 9.17) is 10.3 Å². The molecule has 0 N–H and O–H groups in total. The minimum atomic E-state index is -0.272. The summed E-state index contributed by atoms with van der Waals surface area (Å²) in [7, 11) is 11.3. The van der Waals surface area contributed by atoms with E-state index in [2.05, 4.69) is 165 Å². The fourth-order valence-electron chi connectivity index (χ4n) is 6.97. The van der Waals surface area contributed by atoms with Gasteiger partial charge in [0.05, 0.1) is 5.82 Å². The van der Waals surface area contributed by atoms with Crippen LogP contribution in [-0.2, 0) is 39.9 Å². The van der Waals surface area contributed by atoms with Crippen LogP contribution in [0.15, 0.2) is 54.7 Å². The Morgan fingerprint density at radius 2 is 1.17 bits per heavy atom. The van der Waals surface area contributed by atoms with Crippen LogP contribution in [-0.4, -0.2) is 42.3 Å². The average molecular weight is 882 g/mol. The van der Waals surface area contributed by atoms with Crippen molar-refractivity contribution in [1.82, 2.24) is 14.1 Å². The van der Waals surface area contributed by atoms with Crippen molar-refractivity contribution >= 4 is 16.6 Å². The monoisotopic (exact) mass is 882 g/mol. The van der Waals surface area contributed by atoms with Gasteiger partial charge in [0, 0.05) is 26.0 Å². The van der Waals surface area contributed by atoms with Gasteiger partial charge in [-0.05, 0) is 76.0 Å². The second-order valence-corrected chi connectivity index (χ2v) is 15.6. The van der Waals surface area contributed by atoms with Crippen LogP contribution >= 0.6 is 0 Å². The molecular formula is C46H66HfN6. The van der Waals surface area contributed by atoms with Gasteiger partial charge in [-0.1, -0.05) is 116 Å². The number of imidazole rings is 1. The molecule has 0 spiro atoms. The molecule has 1 unspecified atom stereocenters. The molecule has 5 rings (SSSR count). The molecule has 0 saturated carbocycles. The van der Waals surface area contributed by atoms with Crippen LogP contribution in [0.4, 0.5) is 5.69 Å². The van der Waals surface area contributed by atoms with E-state index < -0.39 is 0 Å². The molecule has 0 bridgehead atoms. The second kappa shape index (κ2) is 20.6. The standard InChI is InChI=1S/C42H54N4.2C2H6N.Hf/c1-24(2)30-21-34(27(7)8)39(35(22-30)28(9)10)41(44-40-31(25(3)4)18-16-19-32(40)26(5)6)42-43-36(23-45(42)12)38-29(11)46(13)37-20-15-14-17-33(37)38;2*1-3-2;/h14-16,18-28,41H,1-13H3;2*1-2H3;/q-2;2*-1;+4. The van der Waals surface area contributed by atoms with E-state index in [0.717, 1.165) is 28.2 Å². The van der Waals surface area contributed by atoms with E-state index in [-0.39, 0.29) is 31.9 Å². The molecule has 0 aliphatic carbocycles. The summed E-state index contributed by atoms with van der Waals surface area (Å²) in [5.41, 5.74) is 13.6. The van der Waals surface area contributed by atoms with Crippen molar-refractivity contribution in [3.05, 3.63) is 122 Å². The smallest absolute Gasteiger partial charge is 0.671 e. The fourth-order valence-corrected chi connectivity index (χ4v) is 6.97. The second-order valence-electron chi connectivity index (χ2n) is 15.6. The van der Waals surface area contributed by atoms with Crippen LogP contribution in [0.3, 0.4) is 0 Å². The molecule has 6 nitrogen and oxygen atoms in total. The number of rotatable bonds is 10. The summed E-state index contributed by atoms with van der Waals surface area (Å²) in [6.07, 6.45) is 2.20. The maximum atomic E-state index is 5.86. The molecule has 0 aliphatic rings. The van der Waals surface area contributed by atoms with Crippen molar-refractivity contribution < 1.29 is 25.8 Å². The third kappa shape index (κ3) is 10.4. The molecule has 0 fully saturated rings. The first-order valence-corrected chi connectivity index (χ1v) is 19.0. The van der Waals surface area contributed by atoms with Gasteiger partial charge in [0.25, 0.3) is 0 Å². The molecule has 53 heavy (non-hydrogen) atoms. The maximum Gasteiger partial charge on any atom is 4.00 e. The molecule has 2 heterocycles. The summed E-state index contributed by atoms with van der Waals surface area (Å²) in [6, 6.07) is 21.1. The SMILES string of the molecule is C[N-]C.C[N-]C.Cc1c(-c2cn(C)c(C([N-]c3c(C(C)C)cccc3C(C)C)c3c(C(C)C)cc(C(C)C)cc3C(C)C)n2)c2[c-]cccc2n1C.[Hf+4]. The van der Waals surface area contributed by atoms with E-state index in [0.29, 0.717) is 29.6 Å². The summed E-state index contributed by atoms with van der Waals surface area (Å²) in [5, 5.41) is 14.0. The molecule has 284 valence electrons. The number of hydrogen-bond donors (Lipinski definition) is 0. The number of nitrogens with zero attached hydrogens (tertiary/aromatic N) is 6. The molecule has 0 radical (unpaired) electrons. The summed E-state index contributed by atoms with van der Waals surface area (Å²) in [5.74, 6) is 2.78. The number of fused-ring (bicyclic) bond motifs is 1. The van der Waals surface area contributed by atoms with Gasteiger partial charge >= 0.3 is 25.8 Å². The number of para-hydroxylation sites is 1. The van der Waals surface area contributed by atoms with Crippen molar-refractivity contribution in [2.24, 2.45) is 14.1 Å². The summed E-state index contributed by atoms with van der Waals surface area (Å²) in [4.78, 5) is 5.52. The van der Waals surface area contributed by atoms with Gasteiger partial charge < -0.3 is 25.1 Å². The van der Waals surface area contributed by atoms with Gasteiger partial charge in [-0.15, -0.1) is 35.3 Å². The Morgan fingerprint density at radius 3 is 1.62 bits per heavy atom. The first-order valence-electron chi connectivity index (χ1n) is 19.0. The number of benzene rings is 3. The Bertz CT molecular complexity index is 1830. The van der Waals surface area contributed by atoms with E-state index in [9.17, 15) is 0 Å². The van der Waals surface area contributed by atoms with Crippen molar-refractivity contribution in [2.45, 2.75) is 112 Å². The van der Waals surface area contributed by atoms with Crippen LogP contribution in [0.5, 0.6) is 0 Å². The zero-order chi connectivity index (χ0) is 39.0. The summed E-state index contributed by atoms with van der Waals surface area (Å²) in [6.45, 7) is 25.2. The van der Waals surface area contributed by atoms with Crippen LogP contribution in [0, 0.1) is 13.0 Å². The molecule has 2 aromatic heterocycles. The predicted octanol–water partition coefficient (Wildman–Crippen LogP) is 13.3. The quantitative estimate of drug-likeness (QED) is 0.102. The summed E-state index contributed by atoms with van der Waals surface area (Å²) < 4.78 is 4.48. The molecule has 7 heteroatoms. The largest absolute Gasteiger partial charge is 4.00 e. The Labute approximate surface area is 341 Å². The molecule has 0 saturated heterocycles. The maximum absolute atomic E-state index is 5.86. The zero-order valence-corrected chi connectivity index (χ0v) is 39.4. The van der Waals surface area contributed by atoms with Crippen molar-refractivity contribution in [1.29, 1.82) is 0 Å².